The van der Waals surface area contributed by atoms with E-state index in [1.807, 2.05) is 0 Å². The Morgan fingerprint density at radius 2 is 2.25 bits per heavy atom. The van der Waals surface area contributed by atoms with E-state index in [9.17, 15) is 15.0 Å². The molecule has 0 aromatic rings. The second-order valence-electron chi connectivity index (χ2n) is 3.09. The highest BCUT2D eigenvalue weighted by Crippen LogP contribution is 2.35. The van der Waals surface area contributed by atoms with Crippen molar-refractivity contribution >= 4 is 17.7 Å². The molecule has 0 aromatic heterocycles. The minimum absolute atomic E-state index is 0.0379. The van der Waals surface area contributed by atoms with Gasteiger partial charge in [0, 0.05) is 5.75 Å². The first-order chi connectivity index (χ1) is 5.68. The van der Waals surface area contributed by atoms with Crippen molar-refractivity contribution in [2.45, 2.75) is 30.0 Å². The summed E-state index contributed by atoms with van der Waals surface area (Å²) in [5, 5.41) is 18.7. The lowest BCUT2D eigenvalue weighted by Crippen LogP contribution is -2.47. The molecule has 2 heterocycles. The molecule has 0 radical (unpaired) electrons. The highest BCUT2D eigenvalue weighted by atomic mass is 32.2. The van der Waals surface area contributed by atoms with Gasteiger partial charge in [-0.3, -0.25) is 4.79 Å². The molecule has 4 unspecified atom stereocenters. The van der Waals surface area contributed by atoms with Crippen LogP contribution in [0.2, 0.25) is 0 Å². The summed E-state index contributed by atoms with van der Waals surface area (Å²) in [5.41, 5.74) is 0. The molecule has 5 heteroatoms. The van der Waals surface area contributed by atoms with E-state index in [0.29, 0.717) is 12.2 Å². The third-order valence-corrected chi connectivity index (χ3v) is 3.61. The Hall–Kier alpha value is -0.260. The molecule has 4 nitrogen and oxygen atoms in total. The maximum Gasteiger partial charge on any atom is 0.307 e. The molecule has 2 fully saturated rings. The number of aliphatic hydroxyl groups excluding tert-OH is 2. The largest absolute Gasteiger partial charge is 0.458 e. The maximum atomic E-state index is 10.8. The molecule has 2 aliphatic heterocycles. The van der Waals surface area contributed by atoms with Crippen molar-refractivity contribution in [3.05, 3.63) is 0 Å². The monoisotopic (exact) mass is 190 g/mol. The molecule has 0 saturated carbocycles. The first kappa shape index (κ1) is 8.34. The van der Waals surface area contributed by atoms with Gasteiger partial charge in [-0.2, -0.15) is 11.8 Å². The summed E-state index contributed by atoms with van der Waals surface area (Å²) in [7, 11) is 0. The fraction of sp³-hybridized carbons (Fsp3) is 0.857. The van der Waals surface area contributed by atoms with E-state index >= 15 is 0 Å². The van der Waals surface area contributed by atoms with Gasteiger partial charge in [0.1, 0.15) is 12.2 Å². The highest BCUT2D eigenvalue weighted by Gasteiger charge is 2.46. The van der Waals surface area contributed by atoms with Gasteiger partial charge in [0.05, 0.1) is 17.8 Å². The average Bonchev–Trinajstić information content (AvgIpc) is 2.39. The van der Waals surface area contributed by atoms with Crippen LogP contribution in [0, 0.1) is 0 Å². The topological polar surface area (TPSA) is 66.8 Å². The van der Waals surface area contributed by atoms with Gasteiger partial charge in [-0.1, -0.05) is 0 Å². The Bertz CT molecular complexity index is 208. The fourth-order valence-corrected chi connectivity index (χ4v) is 2.84. The van der Waals surface area contributed by atoms with Crippen LogP contribution in [0.1, 0.15) is 6.42 Å². The number of fused-ring (bicyclic) bond motifs is 1. The lowest BCUT2D eigenvalue weighted by molar-refractivity contribution is -0.148. The molecule has 0 amide bonds. The minimum atomic E-state index is -0.900. The van der Waals surface area contributed by atoms with Crippen LogP contribution in [0.3, 0.4) is 0 Å². The Morgan fingerprint density at radius 1 is 1.50 bits per heavy atom. The molecule has 2 rings (SSSR count). The third kappa shape index (κ3) is 1.22. The predicted octanol–water partition coefficient (Wildman–Crippen LogP) is -0.861. The molecule has 0 aliphatic carbocycles. The normalized spacial score (nSPS) is 47.0. The SMILES string of the molecule is O=C1CC2SCC(O)C(O)C2O1. The van der Waals surface area contributed by atoms with E-state index < -0.39 is 18.3 Å². The predicted molar refractivity (Wildman–Crippen MR) is 42.8 cm³/mol. The van der Waals surface area contributed by atoms with Crippen LogP contribution in [0.5, 0.6) is 0 Å². The lowest BCUT2D eigenvalue weighted by atomic mass is 10.1. The second kappa shape index (κ2) is 2.90. The minimum Gasteiger partial charge on any atom is -0.458 e. The zero-order valence-electron chi connectivity index (χ0n) is 6.34. The van der Waals surface area contributed by atoms with Gasteiger partial charge >= 0.3 is 5.97 Å². The highest BCUT2D eigenvalue weighted by molar-refractivity contribution is 8.00. The van der Waals surface area contributed by atoms with Crippen molar-refractivity contribution in [1.29, 1.82) is 0 Å². The Balaban J connectivity index is 2.11. The third-order valence-electron chi connectivity index (χ3n) is 2.21. The number of hydrogen-bond donors (Lipinski definition) is 2. The Morgan fingerprint density at radius 3 is 3.00 bits per heavy atom. The van der Waals surface area contributed by atoms with E-state index in [0.717, 1.165) is 0 Å². The van der Waals surface area contributed by atoms with E-state index in [1.54, 1.807) is 0 Å². The van der Waals surface area contributed by atoms with Gasteiger partial charge in [-0.05, 0) is 0 Å². The number of rotatable bonds is 0. The second-order valence-corrected chi connectivity index (χ2v) is 4.36. The maximum absolute atomic E-state index is 10.8. The summed E-state index contributed by atoms with van der Waals surface area (Å²) in [5.74, 6) is 0.213. The molecule has 4 atom stereocenters. The van der Waals surface area contributed by atoms with Crippen LogP contribution in [-0.4, -0.2) is 45.5 Å². The molecule has 68 valence electrons. The zero-order chi connectivity index (χ0) is 8.72. The smallest absolute Gasteiger partial charge is 0.307 e. The van der Waals surface area contributed by atoms with E-state index in [2.05, 4.69) is 0 Å². The number of ether oxygens (including phenoxy) is 1. The molecule has 0 spiro atoms. The first-order valence-corrected chi connectivity index (χ1v) is 4.90. The zero-order valence-corrected chi connectivity index (χ0v) is 7.16. The van der Waals surface area contributed by atoms with Gasteiger partial charge in [-0.25, -0.2) is 0 Å². The van der Waals surface area contributed by atoms with Crippen molar-refractivity contribution < 1.29 is 19.7 Å². The van der Waals surface area contributed by atoms with Crippen LogP contribution in [0.4, 0.5) is 0 Å². The first-order valence-electron chi connectivity index (χ1n) is 3.85. The van der Waals surface area contributed by atoms with Gasteiger partial charge in [0.2, 0.25) is 0 Å². The van der Waals surface area contributed by atoms with Gasteiger partial charge in [-0.15, -0.1) is 0 Å². The summed E-state index contributed by atoms with van der Waals surface area (Å²) in [6, 6.07) is 0. The van der Waals surface area contributed by atoms with Gasteiger partial charge < -0.3 is 14.9 Å². The molecule has 0 bridgehead atoms. The molecular formula is C7H10O4S. The Kier molecular flexibility index (Phi) is 2.02. The standard InChI is InChI=1S/C7H10O4S/c8-3-2-12-4-1-5(9)11-7(4)6(3)10/h3-4,6-8,10H,1-2H2. The van der Waals surface area contributed by atoms with Crippen LogP contribution in [-0.2, 0) is 9.53 Å². The van der Waals surface area contributed by atoms with Crippen LogP contribution >= 0.6 is 11.8 Å². The van der Waals surface area contributed by atoms with Crippen molar-refractivity contribution in [2.75, 3.05) is 5.75 Å². The molecular weight excluding hydrogens is 180 g/mol. The molecule has 0 aromatic carbocycles. The number of thioether (sulfide) groups is 1. The van der Waals surface area contributed by atoms with Crippen molar-refractivity contribution in [2.24, 2.45) is 0 Å². The quantitative estimate of drug-likeness (QED) is 0.486. The molecule has 2 aliphatic rings. The van der Waals surface area contributed by atoms with Crippen molar-refractivity contribution in [1.82, 2.24) is 0 Å². The summed E-state index contributed by atoms with van der Waals surface area (Å²) >= 11 is 1.49. The van der Waals surface area contributed by atoms with Crippen molar-refractivity contribution in [3.8, 4) is 0 Å². The number of hydrogen-bond acceptors (Lipinski definition) is 5. The van der Waals surface area contributed by atoms with Crippen LogP contribution < -0.4 is 0 Å². The van der Waals surface area contributed by atoms with E-state index in [-0.39, 0.29) is 11.2 Å². The summed E-state index contributed by atoms with van der Waals surface area (Å²) in [4.78, 5) is 10.8. The van der Waals surface area contributed by atoms with E-state index in [4.69, 9.17) is 4.74 Å². The summed E-state index contributed by atoms with van der Waals surface area (Å²) in [6.45, 7) is 0. The fourth-order valence-electron chi connectivity index (χ4n) is 1.54. The van der Waals surface area contributed by atoms with Gasteiger partial charge in [0.15, 0.2) is 0 Å². The molecule has 2 saturated heterocycles. The number of carbonyl (C=O) groups is 1. The number of carbonyl (C=O) groups excluding carboxylic acids is 1. The summed E-state index contributed by atoms with van der Waals surface area (Å²) in [6.07, 6.45) is -1.80. The summed E-state index contributed by atoms with van der Waals surface area (Å²) < 4.78 is 4.88. The number of aliphatic hydroxyl groups is 2. The van der Waals surface area contributed by atoms with Gasteiger partial charge in [0.25, 0.3) is 0 Å². The molecule has 2 N–H and O–H groups in total. The average molecular weight is 190 g/mol. The Labute approximate surface area is 73.9 Å². The van der Waals surface area contributed by atoms with Crippen LogP contribution in [0.15, 0.2) is 0 Å². The van der Waals surface area contributed by atoms with Crippen LogP contribution in [0.25, 0.3) is 0 Å². The lowest BCUT2D eigenvalue weighted by Gasteiger charge is -2.31. The van der Waals surface area contributed by atoms with E-state index in [1.165, 1.54) is 11.8 Å². The molecule has 12 heavy (non-hydrogen) atoms. The number of esters is 1. The van der Waals surface area contributed by atoms with Crippen molar-refractivity contribution in [3.63, 3.8) is 0 Å².